The molecule has 0 aromatic carbocycles. The van der Waals surface area contributed by atoms with Crippen LogP contribution in [-0.4, -0.2) is 39.4 Å². The van der Waals surface area contributed by atoms with Crippen LogP contribution in [0.5, 0.6) is 5.75 Å². The quantitative estimate of drug-likeness (QED) is 0.577. The Labute approximate surface area is 94.5 Å². The van der Waals surface area contributed by atoms with Crippen LogP contribution in [0.15, 0.2) is 18.3 Å². The van der Waals surface area contributed by atoms with Gasteiger partial charge in [-0.2, -0.15) is 0 Å². The van der Waals surface area contributed by atoms with Gasteiger partial charge in [-0.15, -0.1) is 0 Å². The fraction of sp³-hybridized carbons (Fsp3) is 0.100. The number of rotatable bonds is 2. The summed E-state index contributed by atoms with van der Waals surface area (Å²) in [5, 5.41) is 0.787. The van der Waals surface area contributed by atoms with E-state index in [0.29, 0.717) is 21.6 Å². The van der Waals surface area contributed by atoms with E-state index in [1.807, 2.05) is 0 Å². The molecule has 0 aliphatic heterocycles. The molecule has 0 amide bonds. The van der Waals surface area contributed by atoms with E-state index in [2.05, 4.69) is 26.0 Å². The number of fused-ring (bicyclic) bond motifs is 1. The van der Waals surface area contributed by atoms with Crippen molar-refractivity contribution in [2.75, 3.05) is 7.11 Å². The van der Waals surface area contributed by atoms with Crippen LogP contribution in [0, 0.1) is 0 Å². The molecule has 0 aliphatic carbocycles. The van der Waals surface area contributed by atoms with Crippen molar-refractivity contribution in [3.05, 3.63) is 23.9 Å². The molecule has 0 fully saturated rings. The molecule has 0 saturated carbocycles. The Kier molecular flexibility index (Phi) is 2.66. The van der Waals surface area contributed by atoms with E-state index >= 15 is 0 Å². The Bertz CT molecular complexity index is 528. The summed E-state index contributed by atoms with van der Waals surface area (Å²) in [6.07, 6.45) is 2.35. The summed E-state index contributed by atoms with van der Waals surface area (Å²) < 4.78 is 5.60. The van der Waals surface area contributed by atoms with Gasteiger partial charge < -0.3 is 0 Å². The van der Waals surface area contributed by atoms with Crippen LogP contribution < -0.4 is 9.33 Å². The second-order valence-electron chi connectivity index (χ2n) is 2.92. The van der Waals surface area contributed by atoms with Crippen LogP contribution in [-0.2, 0) is 0 Å². The van der Waals surface area contributed by atoms with Crippen molar-refractivity contribution >= 4 is 37.9 Å². The molecule has 0 unspecified atom stereocenters. The third-order valence-corrected chi connectivity index (χ3v) is 2.68. The van der Waals surface area contributed by atoms with Crippen molar-refractivity contribution < 1.29 is 9.53 Å². The van der Waals surface area contributed by atoms with Crippen LogP contribution in [0.3, 0.4) is 0 Å². The van der Waals surface area contributed by atoms with Crippen molar-refractivity contribution in [1.29, 1.82) is 0 Å². The second-order valence-corrected chi connectivity index (χ2v) is 3.73. The number of hydrogen-bond donors (Lipinski definition) is 0. The van der Waals surface area contributed by atoms with Gasteiger partial charge in [0.15, 0.2) is 0 Å². The Morgan fingerprint density at radius 1 is 1.47 bits per heavy atom. The fourth-order valence-corrected chi connectivity index (χ4v) is 1.65. The number of nitrogens with zero attached hydrogens (tertiary/aromatic N) is 2. The molecule has 0 atom stereocenters. The van der Waals surface area contributed by atoms with E-state index in [1.165, 1.54) is 0 Å². The van der Waals surface area contributed by atoms with Gasteiger partial charge >= 0.3 is 94.2 Å². The Morgan fingerprint density at radius 3 is 2.93 bits per heavy atom. The third-order valence-electron chi connectivity index (χ3n) is 2.00. The number of hydrogen-bond acceptors (Lipinski definition) is 4. The summed E-state index contributed by atoms with van der Waals surface area (Å²) in [4.78, 5) is 19.0. The average Bonchev–Trinajstić information content (AvgIpc) is 2.27. The molecule has 0 aliphatic rings. The van der Waals surface area contributed by atoms with E-state index < -0.39 is 0 Å². The Morgan fingerprint density at radius 2 is 2.27 bits per heavy atom. The molecule has 1 radical (unpaired) electrons. The minimum absolute atomic E-state index is 0.526. The zero-order valence-electron chi connectivity index (χ0n) is 7.93. The molecule has 2 rings (SSSR count). The maximum atomic E-state index is 10.7. The number of methoxy groups -OCH3 is 1. The van der Waals surface area contributed by atoms with Crippen molar-refractivity contribution in [2.45, 2.75) is 0 Å². The molecule has 5 heteroatoms. The Balaban J connectivity index is 2.71. The number of pyridine rings is 2. The van der Waals surface area contributed by atoms with E-state index in [0.717, 1.165) is 11.7 Å². The number of ether oxygens (including phenoxy) is 1. The molecular weight excluding hydrogens is 259 g/mol. The van der Waals surface area contributed by atoms with Gasteiger partial charge in [0.25, 0.3) is 0 Å². The predicted octanol–water partition coefficient (Wildman–Crippen LogP) is 0.245. The average molecular weight is 266 g/mol. The normalized spacial score (nSPS) is 10.2. The second kappa shape index (κ2) is 3.96. The van der Waals surface area contributed by atoms with E-state index in [-0.39, 0.29) is 0 Å². The van der Waals surface area contributed by atoms with Gasteiger partial charge in [-0.1, -0.05) is 0 Å². The first-order valence-corrected chi connectivity index (χ1v) is 5.07. The monoisotopic (exact) mass is 267 g/mol. The summed E-state index contributed by atoms with van der Waals surface area (Å²) in [7, 11) is 1.57. The van der Waals surface area contributed by atoms with Crippen LogP contribution >= 0.6 is 0 Å². The molecule has 15 heavy (non-hydrogen) atoms. The molecule has 2 heterocycles. The first-order chi connectivity index (χ1) is 7.24. The van der Waals surface area contributed by atoms with Gasteiger partial charge in [-0.3, -0.25) is 0 Å². The molecule has 0 saturated heterocycles. The number of aldehydes is 1. The molecule has 0 spiro atoms. The number of carbonyl (C=O) groups excluding carboxylic acids is 1. The third kappa shape index (κ3) is 1.84. The van der Waals surface area contributed by atoms with Crippen molar-refractivity contribution in [3.63, 3.8) is 0 Å². The summed E-state index contributed by atoms with van der Waals surface area (Å²) in [5.41, 5.74) is 1.12. The van der Waals surface area contributed by atoms with Crippen LogP contribution in [0.2, 0.25) is 0 Å². The summed E-state index contributed by atoms with van der Waals surface area (Å²) in [6.45, 7) is 0. The van der Waals surface area contributed by atoms with E-state index in [4.69, 9.17) is 4.74 Å². The van der Waals surface area contributed by atoms with Crippen molar-refractivity contribution in [1.82, 2.24) is 9.97 Å². The van der Waals surface area contributed by atoms with Crippen molar-refractivity contribution in [2.24, 2.45) is 0 Å². The van der Waals surface area contributed by atoms with E-state index in [9.17, 15) is 4.79 Å². The van der Waals surface area contributed by atoms with Gasteiger partial charge in [0.05, 0.1) is 0 Å². The van der Waals surface area contributed by atoms with Gasteiger partial charge in [0, 0.05) is 0 Å². The van der Waals surface area contributed by atoms with Gasteiger partial charge in [0.2, 0.25) is 0 Å². The van der Waals surface area contributed by atoms with Crippen LogP contribution in [0.1, 0.15) is 10.4 Å². The number of carbonyl (C=O) groups is 1. The van der Waals surface area contributed by atoms with Gasteiger partial charge in [-0.05, 0) is 0 Å². The number of aromatic nitrogens is 2. The summed E-state index contributed by atoms with van der Waals surface area (Å²) >= 11 is 2.73. The summed E-state index contributed by atoms with van der Waals surface area (Å²) in [6, 6.07) is 3.53. The topological polar surface area (TPSA) is 52.1 Å². The molecule has 0 bridgehead atoms. The van der Waals surface area contributed by atoms with Crippen molar-refractivity contribution in [3.8, 4) is 5.75 Å². The molecular formula is C10H7N2O2Se. The Hall–Kier alpha value is -1.45. The van der Waals surface area contributed by atoms with Crippen LogP contribution in [0.4, 0.5) is 0 Å². The van der Waals surface area contributed by atoms with E-state index in [1.54, 1.807) is 25.4 Å². The maximum absolute atomic E-state index is 10.7. The fourth-order valence-electron chi connectivity index (χ4n) is 1.24. The first-order valence-electron chi connectivity index (χ1n) is 4.21. The minimum atomic E-state index is 0.526. The molecule has 4 nitrogen and oxygen atoms in total. The molecule has 2 aromatic heterocycles. The molecule has 0 N–H and O–H groups in total. The molecule has 2 aromatic rings. The first kappa shape index (κ1) is 10.1. The standard InChI is InChI=1S/C10H7N2O2Se/c1-14-8-3-6-2-7(5-13)10(15)12-9(6)11-4-8/h2-5H,1H3. The van der Waals surface area contributed by atoms with Gasteiger partial charge in [0.1, 0.15) is 0 Å². The molecule has 75 valence electrons. The predicted molar refractivity (Wildman–Crippen MR) is 56.9 cm³/mol. The van der Waals surface area contributed by atoms with Gasteiger partial charge in [-0.25, -0.2) is 0 Å². The zero-order valence-corrected chi connectivity index (χ0v) is 9.64. The SMILES string of the molecule is COc1cnc2nc([Se])c(C=O)cc2c1. The van der Waals surface area contributed by atoms with Crippen LogP contribution in [0.25, 0.3) is 11.0 Å². The zero-order chi connectivity index (χ0) is 10.8. The summed E-state index contributed by atoms with van der Waals surface area (Å²) in [5.74, 6) is 0.647.